The highest BCUT2D eigenvalue weighted by Gasteiger charge is 2.39. The van der Waals surface area contributed by atoms with Crippen LogP contribution in [-0.4, -0.2) is 85.4 Å². The Morgan fingerprint density at radius 2 is 1.77 bits per heavy atom. The van der Waals surface area contributed by atoms with Crippen LogP contribution < -0.4 is 25.8 Å². The van der Waals surface area contributed by atoms with Crippen LogP contribution in [0.2, 0.25) is 0 Å². The van der Waals surface area contributed by atoms with Gasteiger partial charge in [-0.3, -0.25) is 4.90 Å². The third-order valence-electron chi connectivity index (χ3n) is 7.77. The predicted octanol–water partition coefficient (Wildman–Crippen LogP) is 6.77. The van der Waals surface area contributed by atoms with Crippen LogP contribution in [0.1, 0.15) is 50.7 Å². The van der Waals surface area contributed by atoms with Crippen molar-refractivity contribution in [2.75, 3.05) is 64.4 Å². The number of anilines is 2. The number of pyridine rings is 1. The molecule has 3 aromatic rings. The van der Waals surface area contributed by atoms with Gasteiger partial charge < -0.3 is 25.8 Å². The van der Waals surface area contributed by atoms with Gasteiger partial charge in [0.15, 0.2) is 5.82 Å². The van der Waals surface area contributed by atoms with Gasteiger partial charge in [0.1, 0.15) is 34.4 Å². The molecule has 6 rings (SSSR count). The van der Waals surface area contributed by atoms with Crippen LogP contribution >= 0.6 is 0 Å². The largest absolute Gasteiger partial charge is 0.477 e. The molecule has 48 heavy (non-hydrogen) atoms. The van der Waals surface area contributed by atoms with E-state index in [1.807, 2.05) is 13.8 Å². The smallest absolute Gasteiger partial charge is 0.417 e. The molecule has 2 unspecified atom stereocenters. The third kappa shape index (κ3) is 9.03. The summed E-state index contributed by atoms with van der Waals surface area (Å²) < 4.78 is 115. The van der Waals surface area contributed by atoms with E-state index in [2.05, 4.69) is 30.5 Å². The van der Waals surface area contributed by atoms with Gasteiger partial charge in [0, 0.05) is 31.2 Å². The van der Waals surface area contributed by atoms with Crippen molar-refractivity contribution >= 4 is 22.4 Å². The summed E-state index contributed by atoms with van der Waals surface area (Å²) in [5.74, 6) is -2.46. The minimum absolute atomic E-state index is 0.0457. The number of methoxy groups -OCH3 is 1. The van der Waals surface area contributed by atoms with E-state index in [-0.39, 0.29) is 35.2 Å². The number of hydrogen-bond acceptors (Lipinski definition) is 9. The van der Waals surface area contributed by atoms with Crippen molar-refractivity contribution in [3.05, 3.63) is 28.8 Å². The number of nitrogens with one attached hydrogen (secondary N) is 2. The fourth-order valence-electron chi connectivity index (χ4n) is 5.78. The third-order valence-corrected chi connectivity index (χ3v) is 7.77. The number of nitrogens with zero attached hydrogens (tertiary/aromatic N) is 4. The molecular weight excluding hydrogens is 654 g/mol. The molecule has 0 radical (unpaired) electrons. The molecule has 3 aliphatic rings. The van der Waals surface area contributed by atoms with E-state index in [0.717, 1.165) is 19.9 Å². The van der Waals surface area contributed by atoms with Gasteiger partial charge in [-0.2, -0.15) is 23.1 Å². The Labute approximate surface area is 273 Å². The maximum absolute atomic E-state index is 15.8. The molecule has 2 saturated heterocycles. The van der Waals surface area contributed by atoms with Crippen molar-refractivity contribution in [1.29, 1.82) is 0 Å². The number of fused-ring (bicyclic) bond motifs is 1. The first-order valence-electron chi connectivity index (χ1n) is 15.6. The van der Waals surface area contributed by atoms with Crippen LogP contribution in [-0.2, 0) is 6.18 Å². The minimum atomic E-state index is -5.02. The number of benzene rings is 1. The maximum atomic E-state index is 15.8. The number of rotatable bonds is 2. The molecule has 0 saturated carbocycles. The van der Waals surface area contributed by atoms with Gasteiger partial charge >= 0.3 is 12.2 Å². The molecule has 0 bridgehead atoms. The molecule has 268 valence electrons. The summed E-state index contributed by atoms with van der Waals surface area (Å²) in [6, 6.07) is 1.10. The molecule has 0 amide bonds. The van der Waals surface area contributed by atoms with Crippen molar-refractivity contribution < 1.29 is 44.6 Å². The second-order valence-electron chi connectivity index (χ2n) is 10.8. The monoisotopic (exact) mass is 695 g/mol. The van der Waals surface area contributed by atoms with Crippen molar-refractivity contribution in [3.8, 4) is 23.1 Å². The van der Waals surface area contributed by atoms with Crippen LogP contribution in [0.5, 0.6) is 11.9 Å². The lowest BCUT2D eigenvalue weighted by molar-refractivity contribution is -0.137. The molecule has 2 aromatic heterocycles. The van der Waals surface area contributed by atoms with E-state index in [9.17, 15) is 30.7 Å². The SMILES string of the molecule is CC.COc1nc2c3c(nc(-c4cc(N)c(F)c(C)c4C(F)(F)F)c(F)c3n1)OCCCNCCN2.FC1CC2CCCN2C1.FCF. The molecule has 0 aliphatic carbocycles. The highest BCUT2D eigenvalue weighted by Crippen LogP contribution is 2.44. The predicted molar refractivity (Wildman–Crippen MR) is 167 cm³/mol. The molecule has 17 heteroatoms. The number of aromatic nitrogens is 3. The van der Waals surface area contributed by atoms with E-state index in [4.69, 9.17) is 15.2 Å². The van der Waals surface area contributed by atoms with Crippen molar-refractivity contribution in [2.45, 2.75) is 64.8 Å². The Hall–Kier alpha value is -3.73. The first-order valence-corrected chi connectivity index (χ1v) is 15.6. The fourth-order valence-corrected chi connectivity index (χ4v) is 5.78. The average Bonchev–Trinajstić information content (AvgIpc) is 3.62. The molecule has 0 spiro atoms. The van der Waals surface area contributed by atoms with Gasteiger partial charge in [-0.1, -0.05) is 13.8 Å². The molecule has 2 fully saturated rings. The molecular formula is C31H41F8N7O2. The first kappa shape index (κ1) is 38.7. The number of hydrogen-bond donors (Lipinski definition) is 3. The summed E-state index contributed by atoms with van der Waals surface area (Å²) in [4.78, 5) is 14.6. The van der Waals surface area contributed by atoms with Gasteiger partial charge in [0.05, 0.1) is 25.0 Å². The Bertz CT molecular complexity index is 1500. The molecule has 2 atom stereocenters. The zero-order valence-electron chi connectivity index (χ0n) is 27.2. The standard InChI is InChI=1S/C21H21F5N6O2.C7H12FN.C2H6.CH2F2/c1-9-13(21(24,25)26)10(8-11(27)14(9)22)16-15(23)17-12-18(32-20(31-17)33-2)29-6-5-28-4-3-7-34-19(12)30-16;8-6-4-7-2-1-3-9(7)5-6;1-2;2-1-3/h8,28H,3-7,27H2,1-2H3,(H,29,31,32);6-7H,1-5H2;1-2H3;1H2. The number of alkyl halides is 6. The van der Waals surface area contributed by atoms with Gasteiger partial charge in [-0.15, -0.1) is 0 Å². The molecule has 1 aromatic carbocycles. The maximum Gasteiger partial charge on any atom is 0.417 e. The summed E-state index contributed by atoms with van der Waals surface area (Å²) in [6.07, 6.45) is -1.65. The molecule has 4 N–H and O–H groups in total. The summed E-state index contributed by atoms with van der Waals surface area (Å²) >= 11 is 0. The quantitative estimate of drug-likeness (QED) is 0.198. The summed E-state index contributed by atoms with van der Waals surface area (Å²) in [5.41, 5.74) is 1.03. The van der Waals surface area contributed by atoms with Gasteiger partial charge in [-0.25, -0.2) is 26.9 Å². The highest BCUT2D eigenvalue weighted by atomic mass is 19.4. The lowest BCUT2D eigenvalue weighted by Gasteiger charge is -2.19. The van der Waals surface area contributed by atoms with E-state index in [0.29, 0.717) is 44.7 Å². The zero-order chi connectivity index (χ0) is 35.6. The zero-order valence-corrected chi connectivity index (χ0v) is 27.2. The van der Waals surface area contributed by atoms with E-state index >= 15 is 4.39 Å². The Morgan fingerprint density at radius 3 is 2.42 bits per heavy atom. The van der Waals surface area contributed by atoms with Crippen LogP contribution in [0.25, 0.3) is 22.2 Å². The fraction of sp³-hybridized carbons (Fsp3) is 0.581. The van der Waals surface area contributed by atoms with Gasteiger partial charge in [0.25, 0.3) is 0 Å². The van der Waals surface area contributed by atoms with Crippen molar-refractivity contribution in [2.24, 2.45) is 0 Å². The lowest BCUT2D eigenvalue weighted by atomic mass is 9.96. The molecule has 3 aliphatic heterocycles. The highest BCUT2D eigenvalue weighted by molar-refractivity contribution is 5.96. The Balaban J connectivity index is 0.000000371. The van der Waals surface area contributed by atoms with E-state index in [1.54, 1.807) is 0 Å². The molecule has 9 nitrogen and oxygen atoms in total. The van der Waals surface area contributed by atoms with Crippen LogP contribution in [0.15, 0.2) is 6.07 Å². The van der Waals surface area contributed by atoms with Crippen LogP contribution in [0.4, 0.5) is 46.6 Å². The topological polar surface area (TPSA) is 110 Å². The number of ether oxygens (including phenoxy) is 2. The van der Waals surface area contributed by atoms with Crippen LogP contribution in [0.3, 0.4) is 0 Å². The molecule has 5 heterocycles. The van der Waals surface area contributed by atoms with E-state index < -0.39 is 59.0 Å². The lowest BCUT2D eigenvalue weighted by Crippen LogP contribution is -2.24. The number of nitrogens with two attached hydrogens (primary N) is 1. The minimum Gasteiger partial charge on any atom is -0.477 e. The van der Waals surface area contributed by atoms with Crippen molar-refractivity contribution in [1.82, 2.24) is 25.2 Å². The average molecular weight is 696 g/mol. The van der Waals surface area contributed by atoms with Crippen LogP contribution in [0, 0.1) is 18.6 Å². The van der Waals surface area contributed by atoms with Crippen molar-refractivity contribution in [3.63, 3.8) is 0 Å². The normalized spacial score (nSPS) is 19.2. The second-order valence-corrected chi connectivity index (χ2v) is 10.8. The van der Waals surface area contributed by atoms with E-state index in [1.165, 1.54) is 20.0 Å². The summed E-state index contributed by atoms with van der Waals surface area (Å²) in [5, 5.41) is 6.24. The number of nitrogen functional groups attached to an aromatic ring is 1. The Morgan fingerprint density at radius 1 is 1.06 bits per heavy atom. The second kappa shape index (κ2) is 17.6. The summed E-state index contributed by atoms with van der Waals surface area (Å²) in [6.45, 7) is 6.75. The Kier molecular flexibility index (Phi) is 14.2. The first-order chi connectivity index (χ1) is 22.9. The summed E-state index contributed by atoms with van der Waals surface area (Å²) in [7, 11) is 1.27. The van der Waals surface area contributed by atoms with Gasteiger partial charge in [-0.05, 0) is 57.3 Å². The number of halogens is 8. The van der Waals surface area contributed by atoms with Gasteiger partial charge in [0.2, 0.25) is 12.8 Å².